The second kappa shape index (κ2) is 6.67. The summed E-state index contributed by atoms with van der Waals surface area (Å²) in [7, 11) is 1.68. The van der Waals surface area contributed by atoms with Gasteiger partial charge in [-0.1, -0.05) is 6.08 Å². The first kappa shape index (κ1) is 16.4. The molecular formula is C21H21N3O2. The van der Waals surface area contributed by atoms with E-state index in [9.17, 15) is 4.79 Å². The van der Waals surface area contributed by atoms with Crippen molar-refractivity contribution in [3.8, 4) is 5.75 Å². The molecule has 3 heterocycles. The van der Waals surface area contributed by atoms with Crippen molar-refractivity contribution >= 4 is 22.4 Å². The summed E-state index contributed by atoms with van der Waals surface area (Å²) in [6, 6.07) is 9.75. The minimum atomic E-state index is 0.0356. The number of methoxy groups -OCH3 is 1. The number of carbonyl (C=O) groups is 1. The summed E-state index contributed by atoms with van der Waals surface area (Å²) in [6.45, 7) is 3.23. The lowest BCUT2D eigenvalue weighted by atomic mass is 9.98. The molecule has 0 radical (unpaired) electrons. The molecule has 5 heteroatoms. The molecule has 1 N–H and O–H groups in total. The number of H-pyrrole nitrogens is 1. The maximum atomic E-state index is 12.6. The van der Waals surface area contributed by atoms with Gasteiger partial charge in [-0.2, -0.15) is 0 Å². The molecule has 132 valence electrons. The fraction of sp³-hybridized carbons (Fsp3) is 0.238. The molecule has 0 bridgehead atoms. The van der Waals surface area contributed by atoms with Crippen LogP contribution >= 0.6 is 0 Å². The van der Waals surface area contributed by atoms with Gasteiger partial charge in [0.15, 0.2) is 0 Å². The molecule has 1 amide bonds. The number of ether oxygens (including phenoxy) is 1. The predicted octanol–water partition coefficient (Wildman–Crippen LogP) is 3.81. The number of amides is 1. The molecule has 0 atom stereocenters. The van der Waals surface area contributed by atoms with Crippen LogP contribution in [0, 0.1) is 6.92 Å². The van der Waals surface area contributed by atoms with Crippen molar-refractivity contribution in [2.45, 2.75) is 13.3 Å². The molecule has 0 fully saturated rings. The second-order valence-corrected chi connectivity index (χ2v) is 6.53. The van der Waals surface area contributed by atoms with Gasteiger partial charge in [-0.3, -0.25) is 9.78 Å². The van der Waals surface area contributed by atoms with Gasteiger partial charge in [-0.05, 0) is 49.2 Å². The highest BCUT2D eigenvalue weighted by Gasteiger charge is 2.20. The Morgan fingerprint density at radius 3 is 2.85 bits per heavy atom. The summed E-state index contributed by atoms with van der Waals surface area (Å²) in [5.41, 5.74) is 5.09. The molecule has 0 spiro atoms. The zero-order valence-corrected chi connectivity index (χ0v) is 15.0. The monoisotopic (exact) mass is 347 g/mol. The SMILES string of the molecule is COc1ccc2[nH]cc(C3=CCN(C(=O)c4ccc(C)nc4)CC3)c2c1. The summed E-state index contributed by atoms with van der Waals surface area (Å²) in [5, 5.41) is 1.15. The quantitative estimate of drug-likeness (QED) is 0.784. The first-order valence-corrected chi connectivity index (χ1v) is 8.72. The topological polar surface area (TPSA) is 58.2 Å². The van der Waals surface area contributed by atoms with Crippen LogP contribution in [-0.4, -0.2) is 41.0 Å². The van der Waals surface area contributed by atoms with Crippen molar-refractivity contribution < 1.29 is 9.53 Å². The number of aryl methyl sites for hydroxylation is 1. The fourth-order valence-corrected chi connectivity index (χ4v) is 3.37. The Labute approximate surface area is 152 Å². The zero-order chi connectivity index (χ0) is 18.1. The molecule has 1 aliphatic rings. The Kier molecular flexibility index (Phi) is 4.21. The van der Waals surface area contributed by atoms with E-state index in [1.165, 1.54) is 11.1 Å². The van der Waals surface area contributed by atoms with Crippen molar-refractivity contribution in [1.82, 2.24) is 14.9 Å². The predicted molar refractivity (Wildman–Crippen MR) is 102 cm³/mol. The lowest BCUT2D eigenvalue weighted by molar-refractivity contribution is 0.0772. The Morgan fingerprint density at radius 2 is 2.15 bits per heavy atom. The average Bonchev–Trinajstić information content (AvgIpc) is 3.11. The van der Waals surface area contributed by atoms with E-state index < -0.39 is 0 Å². The highest BCUT2D eigenvalue weighted by Crippen LogP contribution is 2.31. The summed E-state index contributed by atoms with van der Waals surface area (Å²) >= 11 is 0. The number of nitrogens with zero attached hydrogens (tertiary/aromatic N) is 2. The maximum Gasteiger partial charge on any atom is 0.255 e. The fourth-order valence-electron chi connectivity index (χ4n) is 3.37. The Morgan fingerprint density at radius 1 is 1.27 bits per heavy atom. The highest BCUT2D eigenvalue weighted by molar-refractivity contribution is 5.96. The summed E-state index contributed by atoms with van der Waals surface area (Å²) in [6.07, 6.45) is 6.67. The van der Waals surface area contributed by atoms with Crippen molar-refractivity contribution in [2.75, 3.05) is 20.2 Å². The molecule has 2 aromatic heterocycles. The lowest BCUT2D eigenvalue weighted by Gasteiger charge is -2.26. The van der Waals surface area contributed by atoms with Crippen LogP contribution in [0.5, 0.6) is 5.75 Å². The number of carbonyl (C=O) groups excluding carboxylic acids is 1. The highest BCUT2D eigenvalue weighted by atomic mass is 16.5. The summed E-state index contributed by atoms with van der Waals surface area (Å²) in [4.78, 5) is 22.0. The molecule has 0 aliphatic carbocycles. The van der Waals surface area contributed by atoms with Gasteiger partial charge in [0.1, 0.15) is 5.75 Å². The van der Waals surface area contributed by atoms with Crippen LogP contribution in [0.1, 0.15) is 28.0 Å². The third-order valence-corrected chi connectivity index (χ3v) is 4.89. The van der Waals surface area contributed by atoms with Crippen LogP contribution in [0.25, 0.3) is 16.5 Å². The van der Waals surface area contributed by atoms with Gasteiger partial charge in [-0.25, -0.2) is 0 Å². The standard InChI is InChI=1S/C21H21N3O2/c1-14-3-4-16(12-22-14)21(25)24-9-7-15(8-10-24)19-13-23-20-6-5-17(26-2)11-18(19)20/h3-7,11-13,23H,8-10H2,1-2H3. The van der Waals surface area contributed by atoms with E-state index in [0.29, 0.717) is 18.7 Å². The van der Waals surface area contributed by atoms with Crippen molar-refractivity contribution in [3.63, 3.8) is 0 Å². The number of fused-ring (bicyclic) bond motifs is 1. The van der Waals surface area contributed by atoms with Gasteiger partial charge in [0.2, 0.25) is 0 Å². The molecule has 0 saturated carbocycles. The van der Waals surface area contributed by atoms with Gasteiger partial charge >= 0.3 is 0 Å². The molecule has 4 rings (SSSR count). The number of hydrogen-bond acceptors (Lipinski definition) is 3. The Balaban J connectivity index is 1.56. The van der Waals surface area contributed by atoms with E-state index in [4.69, 9.17) is 4.74 Å². The van der Waals surface area contributed by atoms with Crippen molar-refractivity contribution in [2.24, 2.45) is 0 Å². The van der Waals surface area contributed by atoms with Crippen LogP contribution in [-0.2, 0) is 0 Å². The summed E-state index contributed by atoms with van der Waals surface area (Å²) < 4.78 is 5.35. The van der Waals surface area contributed by atoms with Gasteiger partial charge in [0.25, 0.3) is 5.91 Å². The molecule has 26 heavy (non-hydrogen) atoms. The number of pyridine rings is 1. The zero-order valence-electron chi connectivity index (χ0n) is 15.0. The van der Waals surface area contributed by atoms with E-state index in [1.807, 2.05) is 42.3 Å². The molecule has 3 aromatic rings. The number of nitrogens with one attached hydrogen (secondary N) is 1. The second-order valence-electron chi connectivity index (χ2n) is 6.53. The number of hydrogen-bond donors (Lipinski definition) is 1. The largest absolute Gasteiger partial charge is 0.497 e. The molecular weight excluding hydrogens is 326 g/mol. The molecule has 5 nitrogen and oxygen atoms in total. The molecule has 1 aliphatic heterocycles. The first-order valence-electron chi connectivity index (χ1n) is 8.72. The summed E-state index contributed by atoms with van der Waals surface area (Å²) in [5.74, 6) is 0.881. The Hall–Kier alpha value is -3.08. The molecule has 0 unspecified atom stereocenters. The minimum absolute atomic E-state index is 0.0356. The van der Waals surface area contributed by atoms with Crippen LogP contribution in [0.4, 0.5) is 0 Å². The van der Waals surface area contributed by atoms with E-state index >= 15 is 0 Å². The number of benzene rings is 1. The van der Waals surface area contributed by atoms with Gasteiger partial charge in [0, 0.05) is 47.6 Å². The third kappa shape index (κ3) is 2.96. The minimum Gasteiger partial charge on any atom is -0.497 e. The maximum absolute atomic E-state index is 12.6. The molecule has 1 aromatic carbocycles. The van der Waals surface area contributed by atoms with E-state index in [0.717, 1.165) is 28.8 Å². The Bertz CT molecular complexity index is 986. The lowest BCUT2D eigenvalue weighted by Crippen LogP contribution is -2.34. The third-order valence-electron chi connectivity index (χ3n) is 4.89. The number of aromatic nitrogens is 2. The van der Waals surface area contributed by atoms with Crippen molar-refractivity contribution in [1.29, 1.82) is 0 Å². The van der Waals surface area contributed by atoms with Gasteiger partial charge in [-0.15, -0.1) is 0 Å². The van der Waals surface area contributed by atoms with E-state index in [-0.39, 0.29) is 5.91 Å². The van der Waals surface area contributed by atoms with Crippen LogP contribution < -0.4 is 4.74 Å². The van der Waals surface area contributed by atoms with Crippen LogP contribution in [0.2, 0.25) is 0 Å². The van der Waals surface area contributed by atoms with Gasteiger partial charge in [0.05, 0.1) is 12.7 Å². The average molecular weight is 347 g/mol. The van der Waals surface area contributed by atoms with Crippen LogP contribution in [0.15, 0.2) is 48.8 Å². The van der Waals surface area contributed by atoms with Crippen LogP contribution in [0.3, 0.4) is 0 Å². The van der Waals surface area contributed by atoms with Crippen molar-refractivity contribution in [3.05, 3.63) is 65.6 Å². The number of rotatable bonds is 3. The normalized spacial score (nSPS) is 14.4. The molecule has 0 saturated heterocycles. The van der Waals surface area contributed by atoms with E-state index in [2.05, 4.69) is 22.1 Å². The van der Waals surface area contributed by atoms with Gasteiger partial charge < -0.3 is 14.6 Å². The first-order chi connectivity index (χ1) is 12.7. The smallest absolute Gasteiger partial charge is 0.255 e. The number of aromatic amines is 1. The van der Waals surface area contributed by atoms with E-state index in [1.54, 1.807) is 13.3 Å².